The minimum absolute atomic E-state index is 0.530. The highest BCUT2D eigenvalue weighted by atomic mass is 79.9. The zero-order valence-electron chi connectivity index (χ0n) is 7.42. The number of carboxylic acids is 1. The highest BCUT2D eigenvalue weighted by Gasteiger charge is 2.04. The first-order chi connectivity index (χ1) is 6.52. The third kappa shape index (κ3) is 2.59. The molecule has 0 fully saturated rings. The molecule has 0 aliphatic carbocycles. The van der Waals surface area contributed by atoms with E-state index in [1.807, 2.05) is 13.0 Å². The molecule has 1 N–H and O–H groups in total. The molecule has 1 rings (SSSR count). The van der Waals surface area contributed by atoms with Crippen molar-refractivity contribution in [1.82, 2.24) is 0 Å². The van der Waals surface area contributed by atoms with E-state index in [4.69, 9.17) is 16.7 Å². The summed E-state index contributed by atoms with van der Waals surface area (Å²) in [4.78, 5) is 10.3. The van der Waals surface area contributed by atoms with E-state index < -0.39 is 5.97 Å². The maximum Gasteiger partial charge on any atom is 0.328 e. The summed E-state index contributed by atoms with van der Waals surface area (Å²) in [5, 5.41) is 8.98. The van der Waals surface area contributed by atoms with E-state index in [1.54, 1.807) is 6.07 Å². The molecule has 4 heteroatoms. The van der Waals surface area contributed by atoms with Crippen LogP contribution in [0.1, 0.15) is 11.1 Å². The van der Waals surface area contributed by atoms with Crippen molar-refractivity contribution < 1.29 is 9.90 Å². The van der Waals surface area contributed by atoms with Gasteiger partial charge < -0.3 is 5.11 Å². The van der Waals surface area contributed by atoms with Gasteiger partial charge >= 0.3 is 5.97 Å². The van der Waals surface area contributed by atoms with Crippen LogP contribution in [-0.2, 0) is 4.79 Å². The molecule has 0 bridgehead atoms. The predicted molar refractivity (Wildman–Crippen MR) is 60.6 cm³/mol. The quantitative estimate of drug-likeness (QED) is 0.839. The second-order valence-electron chi connectivity index (χ2n) is 2.77. The fourth-order valence-corrected chi connectivity index (χ4v) is 1.59. The smallest absolute Gasteiger partial charge is 0.328 e. The summed E-state index contributed by atoms with van der Waals surface area (Å²) in [6.07, 6.45) is 2.53. The molecule has 74 valence electrons. The highest BCUT2D eigenvalue weighted by molar-refractivity contribution is 9.10. The Morgan fingerprint density at radius 1 is 1.57 bits per heavy atom. The molecule has 0 heterocycles. The summed E-state index contributed by atoms with van der Waals surface area (Å²) in [5.74, 6) is -0.988. The SMILES string of the molecule is Cc1ccc(/C=C/C(=O)O)c(Cl)c1Br. The third-order valence-corrected chi connectivity index (χ3v) is 3.37. The van der Waals surface area contributed by atoms with Gasteiger partial charge in [0.05, 0.1) is 5.02 Å². The minimum atomic E-state index is -0.988. The van der Waals surface area contributed by atoms with Gasteiger partial charge in [-0.3, -0.25) is 0 Å². The highest BCUT2D eigenvalue weighted by Crippen LogP contribution is 2.30. The van der Waals surface area contributed by atoms with Crippen molar-refractivity contribution in [1.29, 1.82) is 0 Å². The van der Waals surface area contributed by atoms with Gasteiger partial charge in [0.1, 0.15) is 0 Å². The van der Waals surface area contributed by atoms with Crippen LogP contribution in [0.2, 0.25) is 5.02 Å². The van der Waals surface area contributed by atoms with Crippen LogP contribution in [0.5, 0.6) is 0 Å². The van der Waals surface area contributed by atoms with E-state index in [-0.39, 0.29) is 0 Å². The first kappa shape index (κ1) is 11.3. The number of aryl methyl sites for hydroxylation is 1. The van der Waals surface area contributed by atoms with Crippen LogP contribution in [0, 0.1) is 6.92 Å². The zero-order valence-corrected chi connectivity index (χ0v) is 9.76. The molecule has 0 atom stereocenters. The summed E-state index contributed by atoms with van der Waals surface area (Å²) in [5.41, 5.74) is 1.70. The maximum absolute atomic E-state index is 10.3. The van der Waals surface area contributed by atoms with Crippen molar-refractivity contribution in [2.24, 2.45) is 0 Å². The lowest BCUT2D eigenvalue weighted by Gasteiger charge is -2.03. The van der Waals surface area contributed by atoms with E-state index in [0.29, 0.717) is 10.6 Å². The molecule has 1 aromatic carbocycles. The molecule has 0 saturated heterocycles. The monoisotopic (exact) mass is 274 g/mol. The normalized spacial score (nSPS) is 10.8. The van der Waals surface area contributed by atoms with Gasteiger partial charge in [-0.2, -0.15) is 0 Å². The lowest BCUT2D eigenvalue weighted by atomic mass is 10.1. The lowest BCUT2D eigenvalue weighted by molar-refractivity contribution is -0.131. The molecule has 0 unspecified atom stereocenters. The van der Waals surface area contributed by atoms with Crippen molar-refractivity contribution in [2.75, 3.05) is 0 Å². The van der Waals surface area contributed by atoms with Crippen LogP contribution in [0.4, 0.5) is 0 Å². The van der Waals surface area contributed by atoms with Crippen molar-refractivity contribution in [3.8, 4) is 0 Å². The van der Waals surface area contributed by atoms with Crippen LogP contribution in [-0.4, -0.2) is 11.1 Å². The molecule has 0 aliphatic heterocycles. The second-order valence-corrected chi connectivity index (χ2v) is 3.94. The largest absolute Gasteiger partial charge is 0.478 e. The molecule has 0 amide bonds. The summed E-state index contributed by atoms with van der Waals surface area (Å²) >= 11 is 9.31. The number of aliphatic carboxylic acids is 1. The van der Waals surface area contributed by atoms with Gasteiger partial charge in [0.25, 0.3) is 0 Å². The Bertz CT molecular complexity index is 399. The molecule has 2 nitrogen and oxygen atoms in total. The molecule has 0 spiro atoms. The van der Waals surface area contributed by atoms with Crippen LogP contribution in [0.25, 0.3) is 6.08 Å². The van der Waals surface area contributed by atoms with Crippen LogP contribution >= 0.6 is 27.5 Å². The topological polar surface area (TPSA) is 37.3 Å². The molecule has 0 aromatic heterocycles. The Balaban J connectivity index is 3.12. The molecular weight excluding hydrogens is 267 g/mol. The van der Waals surface area contributed by atoms with Gasteiger partial charge in [-0.1, -0.05) is 23.7 Å². The van der Waals surface area contributed by atoms with Crippen LogP contribution < -0.4 is 0 Å². The molecule has 0 aliphatic rings. The molecule has 0 saturated carbocycles. The minimum Gasteiger partial charge on any atom is -0.478 e. The zero-order chi connectivity index (χ0) is 10.7. The first-order valence-electron chi connectivity index (χ1n) is 3.88. The number of halogens is 2. The Morgan fingerprint density at radius 3 is 2.79 bits per heavy atom. The van der Waals surface area contributed by atoms with Crippen LogP contribution in [0.15, 0.2) is 22.7 Å². The summed E-state index contributed by atoms with van der Waals surface area (Å²) in [7, 11) is 0. The number of rotatable bonds is 2. The van der Waals surface area contributed by atoms with Crippen molar-refractivity contribution >= 4 is 39.6 Å². The summed E-state index contributed by atoms with van der Waals surface area (Å²) in [6.45, 7) is 1.92. The van der Waals surface area contributed by atoms with Crippen LogP contribution in [0.3, 0.4) is 0 Å². The van der Waals surface area contributed by atoms with Gasteiger partial charge in [0.15, 0.2) is 0 Å². The van der Waals surface area contributed by atoms with E-state index in [9.17, 15) is 4.79 Å². The van der Waals surface area contributed by atoms with Crippen molar-refractivity contribution in [2.45, 2.75) is 6.92 Å². The second kappa shape index (κ2) is 4.62. The average Bonchev–Trinajstić information content (AvgIpc) is 2.13. The molecule has 14 heavy (non-hydrogen) atoms. The van der Waals surface area contributed by atoms with E-state index in [0.717, 1.165) is 16.1 Å². The predicted octanol–water partition coefficient (Wildman–Crippen LogP) is 3.51. The average molecular weight is 276 g/mol. The standard InChI is InChI=1S/C10H8BrClO2/c1-6-2-3-7(4-5-8(13)14)10(12)9(6)11/h2-5H,1H3,(H,13,14)/b5-4+. The van der Waals surface area contributed by atoms with E-state index >= 15 is 0 Å². The molecule has 0 radical (unpaired) electrons. The van der Waals surface area contributed by atoms with Gasteiger partial charge in [0.2, 0.25) is 0 Å². The van der Waals surface area contributed by atoms with Gasteiger partial charge in [-0.25, -0.2) is 4.79 Å². The number of carboxylic acid groups (broad SMARTS) is 1. The lowest BCUT2D eigenvalue weighted by Crippen LogP contribution is -1.87. The van der Waals surface area contributed by atoms with E-state index in [1.165, 1.54) is 6.08 Å². The van der Waals surface area contributed by atoms with Gasteiger partial charge in [-0.05, 0) is 40.1 Å². The number of benzene rings is 1. The fourth-order valence-electron chi connectivity index (χ4n) is 0.951. The van der Waals surface area contributed by atoms with Crippen molar-refractivity contribution in [3.63, 3.8) is 0 Å². The molecule has 1 aromatic rings. The van der Waals surface area contributed by atoms with Gasteiger partial charge in [0, 0.05) is 10.5 Å². The Morgan fingerprint density at radius 2 is 2.21 bits per heavy atom. The third-order valence-electron chi connectivity index (χ3n) is 1.71. The number of hydrogen-bond acceptors (Lipinski definition) is 1. The van der Waals surface area contributed by atoms with E-state index in [2.05, 4.69) is 15.9 Å². The van der Waals surface area contributed by atoms with Gasteiger partial charge in [-0.15, -0.1) is 0 Å². The number of hydrogen-bond donors (Lipinski definition) is 1. The van der Waals surface area contributed by atoms with Crippen molar-refractivity contribution in [3.05, 3.63) is 38.8 Å². The maximum atomic E-state index is 10.3. The summed E-state index contributed by atoms with van der Waals surface area (Å²) in [6, 6.07) is 3.65. The Labute approximate surface area is 95.3 Å². The number of carbonyl (C=O) groups is 1. The fraction of sp³-hybridized carbons (Fsp3) is 0.100. The summed E-state index contributed by atoms with van der Waals surface area (Å²) < 4.78 is 0.798. The first-order valence-corrected chi connectivity index (χ1v) is 5.05. The Hall–Kier alpha value is -0.800. The Kier molecular flexibility index (Phi) is 3.72. The molecular formula is C10H8BrClO2.